The predicted molar refractivity (Wildman–Crippen MR) is 45.5 cm³/mol. The lowest BCUT2D eigenvalue weighted by molar-refractivity contribution is -0.173. The number of ether oxygens (including phenoxy) is 1. The van der Waals surface area contributed by atoms with E-state index in [1.807, 2.05) is 0 Å². The molecular formula is C8H14O6. The SMILES string of the molecule is CCC(C)OC(=O)C(O)C(O)C(=O)O. The lowest BCUT2D eigenvalue weighted by Gasteiger charge is -2.16. The van der Waals surface area contributed by atoms with Crippen molar-refractivity contribution in [2.75, 3.05) is 0 Å². The second kappa shape index (κ2) is 5.56. The molecule has 0 aromatic carbocycles. The van der Waals surface area contributed by atoms with E-state index in [1.54, 1.807) is 13.8 Å². The van der Waals surface area contributed by atoms with E-state index in [-0.39, 0.29) is 0 Å². The van der Waals surface area contributed by atoms with Crippen LogP contribution in [0, 0.1) is 0 Å². The van der Waals surface area contributed by atoms with Crippen LogP contribution in [0.1, 0.15) is 20.3 Å². The summed E-state index contributed by atoms with van der Waals surface area (Å²) >= 11 is 0. The van der Waals surface area contributed by atoms with Crippen LogP contribution >= 0.6 is 0 Å². The van der Waals surface area contributed by atoms with Crippen molar-refractivity contribution in [2.24, 2.45) is 0 Å². The molecule has 0 heterocycles. The standard InChI is InChI=1S/C8H14O6/c1-3-4(2)14-8(13)6(10)5(9)7(11)12/h4-6,9-10H,3H2,1-2H3,(H,11,12). The minimum absolute atomic E-state index is 0.418. The van der Waals surface area contributed by atoms with Crippen molar-refractivity contribution in [1.82, 2.24) is 0 Å². The van der Waals surface area contributed by atoms with Gasteiger partial charge in [0.25, 0.3) is 0 Å². The molecule has 0 aromatic heterocycles. The van der Waals surface area contributed by atoms with Gasteiger partial charge in [0.05, 0.1) is 6.10 Å². The number of carbonyl (C=O) groups is 2. The molecule has 0 saturated carbocycles. The van der Waals surface area contributed by atoms with Crippen LogP contribution < -0.4 is 0 Å². The van der Waals surface area contributed by atoms with Gasteiger partial charge in [0, 0.05) is 0 Å². The van der Waals surface area contributed by atoms with Crippen molar-refractivity contribution < 1.29 is 29.6 Å². The fraction of sp³-hybridized carbons (Fsp3) is 0.750. The second-order valence-corrected chi connectivity index (χ2v) is 2.88. The van der Waals surface area contributed by atoms with E-state index >= 15 is 0 Å². The van der Waals surface area contributed by atoms with Crippen LogP contribution in [0.2, 0.25) is 0 Å². The number of aliphatic hydroxyl groups excluding tert-OH is 2. The van der Waals surface area contributed by atoms with Gasteiger partial charge in [-0.2, -0.15) is 0 Å². The minimum Gasteiger partial charge on any atom is -0.479 e. The monoisotopic (exact) mass is 206 g/mol. The van der Waals surface area contributed by atoms with Crippen molar-refractivity contribution in [3.63, 3.8) is 0 Å². The summed E-state index contributed by atoms with van der Waals surface area (Å²) in [7, 11) is 0. The maximum atomic E-state index is 11.0. The van der Waals surface area contributed by atoms with Crippen LogP contribution in [0.5, 0.6) is 0 Å². The molecule has 0 fully saturated rings. The Morgan fingerprint density at radius 1 is 1.29 bits per heavy atom. The average molecular weight is 206 g/mol. The van der Waals surface area contributed by atoms with E-state index in [9.17, 15) is 9.59 Å². The highest BCUT2D eigenvalue weighted by Gasteiger charge is 2.31. The maximum absolute atomic E-state index is 11.0. The predicted octanol–water partition coefficient (Wildman–Crippen LogP) is -0.866. The van der Waals surface area contributed by atoms with Gasteiger partial charge in [-0.25, -0.2) is 9.59 Å². The fourth-order valence-corrected chi connectivity index (χ4v) is 0.615. The molecule has 0 aromatic rings. The maximum Gasteiger partial charge on any atom is 0.338 e. The summed E-state index contributed by atoms with van der Waals surface area (Å²) in [6, 6.07) is 0. The molecule has 82 valence electrons. The topological polar surface area (TPSA) is 104 Å². The lowest BCUT2D eigenvalue weighted by atomic mass is 10.2. The number of carboxylic acid groups (broad SMARTS) is 1. The van der Waals surface area contributed by atoms with E-state index in [0.717, 1.165) is 0 Å². The van der Waals surface area contributed by atoms with E-state index in [0.29, 0.717) is 6.42 Å². The highest BCUT2D eigenvalue weighted by atomic mass is 16.6. The molecule has 14 heavy (non-hydrogen) atoms. The van der Waals surface area contributed by atoms with Gasteiger partial charge < -0.3 is 20.1 Å². The first-order chi connectivity index (χ1) is 6.40. The molecule has 0 saturated heterocycles. The number of aliphatic hydroxyl groups is 2. The van der Waals surface area contributed by atoms with Crippen LogP contribution in [0.4, 0.5) is 0 Å². The number of rotatable bonds is 5. The Morgan fingerprint density at radius 3 is 2.14 bits per heavy atom. The fourth-order valence-electron chi connectivity index (χ4n) is 0.615. The van der Waals surface area contributed by atoms with Crippen molar-refractivity contribution in [3.8, 4) is 0 Å². The van der Waals surface area contributed by atoms with E-state index in [2.05, 4.69) is 4.74 Å². The van der Waals surface area contributed by atoms with Crippen molar-refractivity contribution in [1.29, 1.82) is 0 Å². The molecule has 0 aliphatic carbocycles. The zero-order valence-electron chi connectivity index (χ0n) is 8.01. The molecule has 3 N–H and O–H groups in total. The largest absolute Gasteiger partial charge is 0.479 e. The Kier molecular flexibility index (Phi) is 5.11. The van der Waals surface area contributed by atoms with Crippen LogP contribution in [-0.4, -0.2) is 45.6 Å². The highest BCUT2D eigenvalue weighted by Crippen LogP contribution is 2.02. The number of hydrogen-bond donors (Lipinski definition) is 3. The Labute approximate surface area is 81.1 Å². The van der Waals surface area contributed by atoms with E-state index in [4.69, 9.17) is 15.3 Å². The molecule has 3 atom stereocenters. The van der Waals surface area contributed by atoms with Crippen molar-refractivity contribution in [3.05, 3.63) is 0 Å². The Balaban J connectivity index is 4.18. The number of esters is 1. The molecule has 0 aliphatic heterocycles. The van der Waals surface area contributed by atoms with Gasteiger partial charge in [-0.05, 0) is 13.3 Å². The summed E-state index contributed by atoms with van der Waals surface area (Å²) in [5, 5.41) is 26.1. The van der Waals surface area contributed by atoms with E-state index in [1.165, 1.54) is 0 Å². The van der Waals surface area contributed by atoms with Crippen molar-refractivity contribution in [2.45, 2.75) is 38.6 Å². The van der Waals surface area contributed by atoms with Crippen LogP contribution in [0.15, 0.2) is 0 Å². The zero-order valence-corrected chi connectivity index (χ0v) is 8.01. The Bertz CT molecular complexity index is 214. The second-order valence-electron chi connectivity index (χ2n) is 2.88. The number of carbonyl (C=O) groups excluding carboxylic acids is 1. The Morgan fingerprint density at radius 2 is 1.79 bits per heavy atom. The molecule has 0 rings (SSSR count). The van der Waals surface area contributed by atoms with Gasteiger partial charge in [0.15, 0.2) is 12.2 Å². The quantitative estimate of drug-likeness (QED) is 0.505. The molecule has 0 aliphatic rings. The number of hydrogen-bond acceptors (Lipinski definition) is 5. The third-order valence-electron chi connectivity index (χ3n) is 1.69. The normalized spacial score (nSPS) is 16.9. The summed E-state index contributed by atoms with van der Waals surface area (Å²) in [5.41, 5.74) is 0. The van der Waals surface area contributed by atoms with Crippen LogP contribution in [0.25, 0.3) is 0 Å². The van der Waals surface area contributed by atoms with Crippen molar-refractivity contribution >= 4 is 11.9 Å². The van der Waals surface area contributed by atoms with E-state index < -0.39 is 30.3 Å². The lowest BCUT2D eigenvalue weighted by Crippen LogP contribution is -2.41. The molecule has 6 nitrogen and oxygen atoms in total. The minimum atomic E-state index is -2.15. The van der Waals surface area contributed by atoms with Gasteiger partial charge in [-0.3, -0.25) is 0 Å². The summed E-state index contributed by atoms with van der Waals surface area (Å²) in [5.74, 6) is -2.80. The van der Waals surface area contributed by atoms with Gasteiger partial charge in [0.1, 0.15) is 0 Å². The third kappa shape index (κ3) is 3.71. The molecular weight excluding hydrogens is 192 g/mol. The molecule has 0 amide bonds. The first-order valence-electron chi connectivity index (χ1n) is 4.19. The number of carboxylic acids is 1. The van der Waals surface area contributed by atoms with Gasteiger partial charge in [0.2, 0.25) is 0 Å². The smallest absolute Gasteiger partial charge is 0.338 e. The molecule has 0 bridgehead atoms. The Hall–Kier alpha value is -1.14. The summed E-state index contributed by atoms with van der Waals surface area (Å²) < 4.78 is 4.62. The molecule has 6 heteroatoms. The molecule has 0 spiro atoms. The highest BCUT2D eigenvalue weighted by molar-refractivity contribution is 5.84. The van der Waals surface area contributed by atoms with Gasteiger partial charge in [-0.15, -0.1) is 0 Å². The average Bonchev–Trinajstić information content (AvgIpc) is 2.14. The molecule has 0 radical (unpaired) electrons. The summed E-state index contributed by atoms with van der Waals surface area (Å²) in [6.45, 7) is 3.36. The van der Waals surface area contributed by atoms with Crippen LogP contribution in [0.3, 0.4) is 0 Å². The van der Waals surface area contributed by atoms with Gasteiger partial charge in [-0.1, -0.05) is 6.92 Å². The summed E-state index contributed by atoms with van der Waals surface area (Å²) in [6.07, 6.45) is -4.06. The summed E-state index contributed by atoms with van der Waals surface area (Å²) in [4.78, 5) is 21.1. The molecule has 3 unspecified atom stereocenters. The number of aliphatic carboxylic acids is 1. The first kappa shape index (κ1) is 12.9. The third-order valence-corrected chi connectivity index (χ3v) is 1.69. The van der Waals surface area contributed by atoms with Crippen LogP contribution in [-0.2, 0) is 14.3 Å². The zero-order chi connectivity index (χ0) is 11.3. The van der Waals surface area contributed by atoms with Gasteiger partial charge >= 0.3 is 11.9 Å². The first-order valence-corrected chi connectivity index (χ1v) is 4.19.